The van der Waals surface area contributed by atoms with E-state index in [0.717, 1.165) is 24.2 Å². The van der Waals surface area contributed by atoms with Crippen LogP contribution in [0.15, 0.2) is 24.3 Å². The number of methoxy groups -OCH3 is 1. The number of carbonyl (C=O) groups is 2. The van der Waals surface area contributed by atoms with Crippen molar-refractivity contribution in [3.63, 3.8) is 0 Å². The molecule has 2 aliphatic rings. The fourth-order valence-electron chi connectivity index (χ4n) is 2.73. The molecule has 0 unspecified atom stereocenters. The predicted molar refractivity (Wildman–Crippen MR) is 75.8 cm³/mol. The van der Waals surface area contributed by atoms with Crippen LogP contribution >= 0.6 is 0 Å². The van der Waals surface area contributed by atoms with Crippen molar-refractivity contribution in [3.05, 3.63) is 29.8 Å². The number of carbonyl (C=O) groups excluding carboxylic acids is 1. The van der Waals surface area contributed by atoms with E-state index in [9.17, 15) is 9.59 Å². The molecule has 3 atom stereocenters. The van der Waals surface area contributed by atoms with Crippen molar-refractivity contribution >= 4 is 11.9 Å². The number of rotatable bonds is 6. The number of carboxylic acid groups (broad SMARTS) is 1. The van der Waals surface area contributed by atoms with Crippen LogP contribution < -0.4 is 10.1 Å². The Kier molecular flexibility index (Phi) is 3.57. The van der Waals surface area contributed by atoms with Crippen molar-refractivity contribution in [1.82, 2.24) is 5.32 Å². The standard InChI is InChI=1S/C16H19NO4/c1-21-11-6-4-10(5-7-11)14(9-2-3-9)17-15(18)12-8-13(12)16(19)20/h4-7,9,12-14H,2-3,8H2,1H3,(H,17,18)(H,19,20)/t12-,13-,14+/m0/s1. The Labute approximate surface area is 123 Å². The highest BCUT2D eigenvalue weighted by Gasteiger charge is 2.49. The number of aliphatic carboxylic acids is 1. The van der Waals surface area contributed by atoms with E-state index >= 15 is 0 Å². The summed E-state index contributed by atoms with van der Waals surface area (Å²) in [7, 11) is 1.62. The third-order valence-electron chi connectivity index (χ3n) is 4.31. The first-order valence-electron chi connectivity index (χ1n) is 7.27. The predicted octanol–water partition coefficient (Wildman–Crippen LogP) is 1.98. The lowest BCUT2D eigenvalue weighted by atomic mass is 10.0. The van der Waals surface area contributed by atoms with Gasteiger partial charge in [0.15, 0.2) is 0 Å². The number of hydrogen-bond donors (Lipinski definition) is 2. The molecule has 1 aromatic carbocycles. The zero-order valence-corrected chi connectivity index (χ0v) is 11.9. The van der Waals surface area contributed by atoms with Gasteiger partial charge >= 0.3 is 5.97 Å². The van der Waals surface area contributed by atoms with E-state index in [1.807, 2.05) is 24.3 Å². The second-order valence-corrected chi connectivity index (χ2v) is 5.88. The van der Waals surface area contributed by atoms with E-state index in [1.165, 1.54) is 0 Å². The molecule has 1 aromatic rings. The van der Waals surface area contributed by atoms with Gasteiger partial charge in [-0.1, -0.05) is 12.1 Å². The maximum absolute atomic E-state index is 12.2. The minimum atomic E-state index is -0.873. The summed E-state index contributed by atoms with van der Waals surface area (Å²) in [6, 6.07) is 7.67. The van der Waals surface area contributed by atoms with Crippen LogP contribution in [-0.4, -0.2) is 24.1 Å². The number of carboxylic acids is 1. The molecule has 0 spiro atoms. The molecule has 0 bridgehead atoms. The van der Waals surface area contributed by atoms with Crippen molar-refractivity contribution in [2.24, 2.45) is 17.8 Å². The maximum Gasteiger partial charge on any atom is 0.307 e. The van der Waals surface area contributed by atoms with Gasteiger partial charge in [-0.3, -0.25) is 9.59 Å². The Hall–Kier alpha value is -2.04. The molecule has 21 heavy (non-hydrogen) atoms. The van der Waals surface area contributed by atoms with E-state index in [4.69, 9.17) is 9.84 Å². The minimum Gasteiger partial charge on any atom is -0.497 e. The summed E-state index contributed by atoms with van der Waals surface area (Å²) in [6.07, 6.45) is 2.66. The number of nitrogens with one attached hydrogen (secondary N) is 1. The second kappa shape index (κ2) is 5.39. The molecule has 112 valence electrons. The Balaban J connectivity index is 1.67. The van der Waals surface area contributed by atoms with E-state index in [-0.39, 0.29) is 17.9 Å². The van der Waals surface area contributed by atoms with Crippen LogP contribution in [-0.2, 0) is 9.59 Å². The van der Waals surface area contributed by atoms with E-state index in [1.54, 1.807) is 7.11 Å². The van der Waals surface area contributed by atoms with Crippen LogP contribution in [0, 0.1) is 17.8 Å². The average molecular weight is 289 g/mol. The highest BCUT2D eigenvalue weighted by atomic mass is 16.5. The molecule has 2 aliphatic carbocycles. The minimum absolute atomic E-state index is 0.0153. The van der Waals surface area contributed by atoms with Crippen LogP contribution in [0.25, 0.3) is 0 Å². The largest absolute Gasteiger partial charge is 0.497 e. The van der Waals surface area contributed by atoms with Crippen molar-refractivity contribution in [2.45, 2.75) is 25.3 Å². The number of ether oxygens (including phenoxy) is 1. The van der Waals surface area contributed by atoms with E-state index in [2.05, 4.69) is 5.32 Å². The normalized spacial score (nSPS) is 25.0. The van der Waals surface area contributed by atoms with Gasteiger partial charge in [0.05, 0.1) is 25.0 Å². The molecule has 2 saturated carbocycles. The molecule has 2 fully saturated rings. The average Bonchev–Trinajstić information content (AvgIpc) is 3.37. The van der Waals surface area contributed by atoms with Gasteiger partial charge in [0, 0.05) is 0 Å². The summed E-state index contributed by atoms with van der Waals surface area (Å²) >= 11 is 0. The number of amides is 1. The van der Waals surface area contributed by atoms with E-state index < -0.39 is 11.9 Å². The van der Waals surface area contributed by atoms with Crippen LogP contribution in [0.5, 0.6) is 5.75 Å². The zero-order valence-electron chi connectivity index (χ0n) is 11.9. The number of hydrogen-bond acceptors (Lipinski definition) is 3. The molecular formula is C16H19NO4. The first kappa shape index (κ1) is 13.9. The van der Waals surface area contributed by atoms with E-state index in [0.29, 0.717) is 12.3 Å². The van der Waals surface area contributed by atoms with Gasteiger partial charge in [0.1, 0.15) is 5.75 Å². The quantitative estimate of drug-likeness (QED) is 0.839. The molecule has 2 N–H and O–H groups in total. The SMILES string of the molecule is COc1ccc([C@H](NC(=O)[C@H]2C[C@@H]2C(=O)O)C2CC2)cc1. The zero-order chi connectivity index (χ0) is 15.0. The number of benzene rings is 1. The van der Waals surface area contributed by atoms with Crippen molar-refractivity contribution < 1.29 is 19.4 Å². The summed E-state index contributed by atoms with van der Waals surface area (Å²) in [5.74, 6) is -0.613. The Bertz CT molecular complexity index is 550. The Morgan fingerprint density at radius 1 is 1.24 bits per heavy atom. The summed E-state index contributed by atoms with van der Waals surface area (Å²) in [4.78, 5) is 23.0. The lowest BCUT2D eigenvalue weighted by Gasteiger charge is -2.19. The topological polar surface area (TPSA) is 75.6 Å². The molecular weight excluding hydrogens is 270 g/mol. The van der Waals surface area contributed by atoms with Gasteiger partial charge in [-0.15, -0.1) is 0 Å². The highest BCUT2D eigenvalue weighted by Crippen LogP contribution is 2.43. The molecule has 5 nitrogen and oxygen atoms in total. The molecule has 3 rings (SSSR count). The third-order valence-corrected chi connectivity index (χ3v) is 4.31. The molecule has 0 aliphatic heterocycles. The molecule has 0 radical (unpaired) electrons. The van der Waals surface area contributed by atoms with Gasteiger partial charge in [-0.2, -0.15) is 0 Å². The van der Waals surface area contributed by atoms with Crippen molar-refractivity contribution in [1.29, 1.82) is 0 Å². The summed E-state index contributed by atoms with van der Waals surface area (Å²) in [5, 5.41) is 11.9. The fourth-order valence-corrected chi connectivity index (χ4v) is 2.73. The monoisotopic (exact) mass is 289 g/mol. The first-order valence-corrected chi connectivity index (χ1v) is 7.27. The smallest absolute Gasteiger partial charge is 0.307 e. The van der Waals surface area contributed by atoms with Gasteiger partial charge in [-0.25, -0.2) is 0 Å². The molecule has 0 saturated heterocycles. The second-order valence-electron chi connectivity index (χ2n) is 5.88. The lowest BCUT2D eigenvalue weighted by Crippen LogP contribution is -2.32. The van der Waals surface area contributed by atoms with Gasteiger partial charge in [0.25, 0.3) is 0 Å². The van der Waals surface area contributed by atoms with Crippen LogP contribution in [0.3, 0.4) is 0 Å². The lowest BCUT2D eigenvalue weighted by molar-refractivity contribution is -0.140. The molecule has 5 heteroatoms. The van der Waals surface area contributed by atoms with Crippen molar-refractivity contribution in [3.8, 4) is 5.75 Å². The molecule has 1 amide bonds. The summed E-state index contributed by atoms with van der Waals surface area (Å²) in [5.41, 5.74) is 1.05. The summed E-state index contributed by atoms with van der Waals surface area (Å²) in [6.45, 7) is 0. The summed E-state index contributed by atoms with van der Waals surface area (Å²) < 4.78 is 5.14. The van der Waals surface area contributed by atoms with Gasteiger partial charge in [-0.05, 0) is 42.9 Å². The first-order chi connectivity index (χ1) is 10.1. The Morgan fingerprint density at radius 3 is 2.38 bits per heavy atom. The van der Waals surface area contributed by atoms with Crippen LogP contribution in [0.1, 0.15) is 30.9 Å². The van der Waals surface area contributed by atoms with Gasteiger partial charge in [0.2, 0.25) is 5.91 Å². The Morgan fingerprint density at radius 2 is 1.90 bits per heavy atom. The molecule has 0 aromatic heterocycles. The molecule has 0 heterocycles. The fraction of sp³-hybridized carbons (Fsp3) is 0.500. The van der Waals surface area contributed by atoms with Crippen molar-refractivity contribution in [2.75, 3.05) is 7.11 Å². The maximum atomic E-state index is 12.2. The van der Waals surface area contributed by atoms with Gasteiger partial charge < -0.3 is 15.2 Å². The van der Waals surface area contributed by atoms with Crippen LogP contribution in [0.2, 0.25) is 0 Å². The third kappa shape index (κ3) is 3.01. The van der Waals surface area contributed by atoms with Crippen LogP contribution in [0.4, 0.5) is 0 Å². The highest BCUT2D eigenvalue weighted by molar-refractivity contribution is 5.89.